The Hall–Kier alpha value is -0.420. The molecule has 1 amide bonds. The summed E-state index contributed by atoms with van der Waals surface area (Å²) in [6.45, 7) is 2.91. The molecule has 0 aliphatic carbocycles. The van der Waals surface area contributed by atoms with Crippen LogP contribution in [0.25, 0.3) is 0 Å². The summed E-state index contributed by atoms with van der Waals surface area (Å²) >= 11 is 7.67. The van der Waals surface area contributed by atoms with Gasteiger partial charge in [-0.1, -0.05) is 23.7 Å². The minimum absolute atomic E-state index is 0. The fraction of sp³-hybridized carbons (Fsp3) is 0.462. The molecule has 0 aliphatic heterocycles. The van der Waals surface area contributed by atoms with Crippen molar-refractivity contribution in [2.75, 3.05) is 37.5 Å². The smallest absolute Gasteiger partial charge is 0.234 e. The molecule has 0 fully saturated rings. The van der Waals surface area contributed by atoms with Gasteiger partial charge in [0, 0.05) is 12.3 Å². The third kappa shape index (κ3) is 7.06. The van der Waals surface area contributed by atoms with Crippen LogP contribution in [0.5, 0.6) is 0 Å². The normalized spacial score (nSPS) is 10.2. The summed E-state index contributed by atoms with van der Waals surface area (Å²) in [6.07, 6.45) is 0. The number of nitrogens with one attached hydrogen (secondary N) is 1. The molecule has 1 N–H and O–H groups in total. The maximum atomic E-state index is 11.8. The average Bonchev–Trinajstić information content (AvgIpc) is 2.29. The van der Waals surface area contributed by atoms with Crippen molar-refractivity contribution < 1.29 is 4.79 Å². The van der Waals surface area contributed by atoms with Crippen LogP contribution in [-0.4, -0.2) is 43.0 Å². The van der Waals surface area contributed by atoms with Gasteiger partial charge in [0.1, 0.15) is 0 Å². The molecule has 0 unspecified atom stereocenters. The van der Waals surface area contributed by atoms with E-state index in [1.54, 1.807) is 17.8 Å². The molecule has 6 heteroatoms. The first-order chi connectivity index (χ1) is 8.50. The minimum Gasteiger partial charge on any atom is -0.324 e. The number of amides is 1. The number of aryl methyl sites for hydroxylation is 1. The van der Waals surface area contributed by atoms with Crippen LogP contribution in [0.15, 0.2) is 18.2 Å². The Kier molecular flexibility index (Phi) is 9.27. The predicted octanol–water partition coefficient (Wildman–Crippen LogP) is 3.30. The van der Waals surface area contributed by atoms with Gasteiger partial charge in [-0.2, -0.15) is 11.8 Å². The Bertz CT molecular complexity index is 393. The van der Waals surface area contributed by atoms with Crippen LogP contribution in [-0.2, 0) is 4.79 Å². The van der Waals surface area contributed by atoms with E-state index in [2.05, 4.69) is 10.2 Å². The minimum atomic E-state index is -0.00467. The Balaban J connectivity index is 0.00000324. The number of rotatable bonds is 6. The van der Waals surface area contributed by atoms with Crippen molar-refractivity contribution in [1.82, 2.24) is 4.90 Å². The van der Waals surface area contributed by atoms with E-state index in [1.807, 2.05) is 33.2 Å². The van der Waals surface area contributed by atoms with Crippen molar-refractivity contribution in [3.8, 4) is 0 Å². The number of anilines is 1. The summed E-state index contributed by atoms with van der Waals surface area (Å²) in [5, 5.41) is 3.45. The monoisotopic (exact) mass is 322 g/mol. The summed E-state index contributed by atoms with van der Waals surface area (Å²) in [4.78, 5) is 13.9. The highest BCUT2D eigenvalue weighted by Gasteiger charge is 2.08. The first kappa shape index (κ1) is 18.6. The number of benzene rings is 1. The van der Waals surface area contributed by atoms with Gasteiger partial charge >= 0.3 is 0 Å². The highest BCUT2D eigenvalue weighted by molar-refractivity contribution is 7.99. The Labute approximate surface area is 130 Å². The molecule has 0 radical (unpaired) electrons. The molecular formula is C13H20Cl2N2OS. The van der Waals surface area contributed by atoms with Gasteiger partial charge in [0.05, 0.1) is 16.5 Å². The maximum absolute atomic E-state index is 11.8. The second-order valence-electron chi connectivity index (χ2n) is 4.34. The summed E-state index contributed by atoms with van der Waals surface area (Å²) in [5.41, 5.74) is 1.70. The highest BCUT2D eigenvalue weighted by atomic mass is 35.5. The molecule has 3 nitrogen and oxygen atoms in total. The number of carbonyl (C=O) groups excluding carboxylic acids is 1. The molecule has 0 saturated carbocycles. The molecule has 1 rings (SSSR count). The highest BCUT2D eigenvalue weighted by Crippen LogP contribution is 2.25. The topological polar surface area (TPSA) is 32.3 Å². The number of carbonyl (C=O) groups is 1. The fourth-order valence-electron chi connectivity index (χ4n) is 1.38. The molecule has 0 saturated heterocycles. The van der Waals surface area contributed by atoms with Crippen LogP contribution in [0.4, 0.5) is 5.69 Å². The van der Waals surface area contributed by atoms with E-state index >= 15 is 0 Å². The summed E-state index contributed by atoms with van der Waals surface area (Å²) < 4.78 is 0. The molecule has 1 aromatic carbocycles. The third-order valence-electron chi connectivity index (χ3n) is 2.40. The predicted molar refractivity (Wildman–Crippen MR) is 87.9 cm³/mol. The Morgan fingerprint density at radius 3 is 2.68 bits per heavy atom. The number of para-hydroxylation sites is 1. The van der Waals surface area contributed by atoms with Crippen LogP contribution in [0.2, 0.25) is 5.02 Å². The lowest BCUT2D eigenvalue weighted by molar-refractivity contribution is -0.113. The zero-order valence-electron chi connectivity index (χ0n) is 11.4. The standard InChI is InChI=1S/C13H19ClN2OS.ClH/c1-10-5-4-6-11(14)13(10)15-12(17)9-18-8-7-16(2)3;/h4-6H,7-9H2,1-3H3,(H,15,17);1H. The van der Waals surface area contributed by atoms with Gasteiger partial charge in [-0.25, -0.2) is 0 Å². The zero-order valence-corrected chi connectivity index (χ0v) is 13.8. The number of hydrogen-bond acceptors (Lipinski definition) is 3. The van der Waals surface area contributed by atoms with Gasteiger partial charge in [-0.3, -0.25) is 4.79 Å². The molecule has 1 aromatic rings. The lowest BCUT2D eigenvalue weighted by Crippen LogP contribution is -2.18. The molecule has 0 atom stereocenters. The number of halogens is 2. The van der Waals surface area contributed by atoms with Gasteiger partial charge in [-0.05, 0) is 32.6 Å². The lowest BCUT2D eigenvalue weighted by Gasteiger charge is -2.11. The van der Waals surface area contributed by atoms with Crippen molar-refractivity contribution in [2.24, 2.45) is 0 Å². The van der Waals surface area contributed by atoms with Crippen molar-refractivity contribution in [2.45, 2.75) is 6.92 Å². The van der Waals surface area contributed by atoms with Crippen molar-refractivity contribution >= 4 is 47.4 Å². The molecule has 0 aromatic heterocycles. The second-order valence-corrected chi connectivity index (χ2v) is 5.85. The first-order valence-corrected chi connectivity index (χ1v) is 7.31. The average molecular weight is 323 g/mol. The van der Waals surface area contributed by atoms with Crippen LogP contribution in [0, 0.1) is 6.92 Å². The van der Waals surface area contributed by atoms with Gasteiger partial charge in [0.2, 0.25) is 5.91 Å². The van der Waals surface area contributed by atoms with Gasteiger partial charge < -0.3 is 10.2 Å². The zero-order chi connectivity index (χ0) is 13.5. The van der Waals surface area contributed by atoms with E-state index in [1.165, 1.54) is 0 Å². The molecule has 0 heterocycles. The van der Waals surface area contributed by atoms with Crippen molar-refractivity contribution in [1.29, 1.82) is 0 Å². The number of nitrogens with zero attached hydrogens (tertiary/aromatic N) is 1. The van der Waals surface area contributed by atoms with Crippen molar-refractivity contribution in [3.05, 3.63) is 28.8 Å². The quantitative estimate of drug-likeness (QED) is 0.815. The van der Waals surface area contributed by atoms with E-state index in [9.17, 15) is 4.79 Å². The maximum Gasteiger partial charge on any atom is 0.234 e. The van der Waals surface area contributed by atoms with Gasteiger partial charge in [-0.15, -0.1) is 12.4 Å². The van der Waals surface area contributed by atoms with Crippen LogP contribution < -0.4 is 5.32 Å². The second kappa shape index (κ2) is 9.48. The molecule has 0 spiro atoms. The summed E-state index contributed by atoms with van der Waals surface area (Å²) in [6, 6.07) is 5.59. The lowest BCUT2D eigenvalue weighted by atomic mass is 10.2. The largest absolute Gasteiger partial charge is 0.324 e. The fourth-order valence-corrected chi connectivity index (χ4v) is 2.54. The SMILES string of the molecule is Cc1cccc(Cl)c1NC(=O)CSCCN(C)C.Cl. The van der Waals surface area contributed by atoms with Crippen LogP contribution in [0.3, 0.4) is 0 Å². The first-order valence-electron chi connectivity index (χ1n) is 5.78. The molecule has 0 aliphatic rings. The summed E-state index contributed by atoms with van der Waals surface area (Å²) in [7, 11) is 4.04. The van der Waals surface area contributed by atoms with Gasteiger partial charge in [0.15, 0.2) is 0 Å². The van der Waals surface area contributed by atoms with Crippen LogP contribution in [0.1, 0.15) is 5.56 Å². The van der Waals surface area contributed by atoms with E-state index < -0.39 is 0 Å². The molecular weight excluding hydrogens is 303 g/mol. The van der Waals surface area contributed by atoms with Crippen molar-refractivity contribution in [3.63, 3.8) is 0 Å². The Morgan fingerprint density at radius 2 is 2.11 bits per heavy atom. The van der Waals surface area contributed by atoms with Crippen LogP contribution >= 0.6 is 35.8 Å². The molecule has 108 valence electrons. The number of thioether (sulfide) groups is 1. The number of hydrogen-bond donors (Lipinski definition) is 1. The van der Waals surface area contributed by atoms with E-state index in [4.69, 9.17) is 11.6 Å². The van der Waals surface area contributed by atoms with E-state index in [-0.39, 0.29) is 18.3 Å². The van der Waals surface area contributed by atoms with Gasteiger partial charge in [0.25, 0.3) is 0 Å². The Morgan fingerprint density at radius 1 is 1.42 bits per heavy atom. The van der Waals surface area contributed by atoms with E-state index in [0.717, 1.165) is 23.5 Å². The molecule has 19 heavy (non-hydrogen) atoms. The molecule has 0 bridgehead atoms. The van der Waals surface area contributed by atoms with E-state index in [0.29, 0.717) is 10.8 Å². The summed E-state index contributed by atoms with van der Waals surface area (Å²) in [5.74, 6) is 1.40. The third-order valence-corrected chi connectivity index (χ3v) is 3.65.